The number of hydrogen-bond donors (Lipinski definition) is 0. The number of ether oxygens (including phenoxy) is 1. The number of benzene rings is 1. The molecule has 0 saturated heterocycles. The normalized spacial score (nSPS) is 13.9. The van der Waals surface area contributed by atoms with E-state index in [4.69, 9.17) is 4.43 Å². The van der Waals surface area contributed by atoms with Gasteiger partial charge in [-0.3, -0.25) is 0 Å². The third kappa shape index (κ3) is 5.86. The Morgan fingerprint density at radius 1 is 1.30 bits per heavy atom. The molecule has 0 aliphatic heterocycles. The first kappa shape index (κ1) is 19.5. The zero-order valence-electron chi connectivity index (χ0n) is 15.5. The topological polar surface area (TPSA) is 35.5 Å². The Morgan fingerprint density at radius 2 is 1.96 bits per heavy atom. The lowest BCUT2D eigenvalue weighted by molar-refractivity contribution is -0.134. The minimum Gasteiger partial charge on any atom is -0.543 e. The van der Waals surface area contributed by atoms with Crippen LogP contribution in [0.4, 0.5) is 0 Å². The van der Waals surface area contributed by atoms with E-state index in [0.29, 0.717) is 5.92 Å². The molecule has 0 aromatic heterocycles. The van der Waals surface area contributed by atoms with Gasteiger partial charge < -0.3 is 9.16 Å². The van der Waals surface area contributed by atoms with Crippen molar-refractivity contribution < 1.29 is 14.0 Å². The first-order valence-corrected chi connectivity index (χ1v) is 11.0. The zero-order chi connectivity index (χ0) is 17.7. The number of rotatable bonds is 6. The Kier molecular flexibility index (Phi) is 6.63. The van der Waals surface area contributed by atoms with Gasteiger partial charge in [-0.2, -0.15) is 0 Å². The molecule has 128 valence electrons. The second-order valence-electron chi connectivity index (χ2n) is 7.50. The summed E-state index contributed by atoms with van der Waals surface area (Å²) in [5, 5.41) is 0.178. The van der Waals surface area contributed by atoms with Gasteiger partial charge in [0.15, 0.2) is 0 Å². The van der Waals surface area contributed by atoms with Gasteiger partial charge in [-0.05, 0) is 48.2 Å². The summed E-state index contributed by atoms with van der Waals surface area (Å²) in [5.41, 5.74) is 1.22. The Hall–Kier alpha value is -1.55. The molecule has 0 radical (unpaired) electrons. The van der Waals surface area contributed by atoms with E-state index in [0.717, 1.165) is 12.2 Å². The first-order valence-electron chi connectivity index (χ1n) is 8.10. The molecule has 0 spiro atoms. The van der Waals surface area contributed by atoms with Gasteiger partial charge in [0.05, 0.1) is 7.11 Å². The fourth-order valence-corrected chi connectivity index (χ4v) is 2.93. The van der Waals surface area contributed by atoms with E-state index in [1.54, 1.807) is 0 Å². The molecule has 23 heavy (non-hydrogen) atoms. The Morgan fingerprint density at radius 3 is 2.52 bits per heavy atom. The smallest absolute Gasteiger partial charge is 0.330 e. The maximum atomic E-state index is 11.1. The average molecular weight is 335 g/mol. The van der Waals surface area contributed by atoms with E-state index < -0.39 is 8.32 Å². The highest BCUT2D eigenvalue weighted by atomic mass is 28.4. The summed E-state index contributed by atoms with van der Waals surface area (Å²) in [7, 11) is -0.437. The molecule has 0 saturated carbocycles. The Labute approximate surface area is 141 Å². The summed E-state index contributed by atoms with van der Waals surface area (Å²) >= 11 is 0. The molecule has 1 unspecified atom stereocenters. The van der Waals surface area contributed by atoms with Crippen molar-refractivity contribution in [3.8, 4) is 5.75 Å². The van der Waals surface area contributed by atoms with Gasteiger partial charge in [0.1, 0.15) is 5.75 Å². The number of carbonyl (C=O) groups is 1. The number of allylic oxidation sites excluding steroid dienone is 1. The Bertz CT molecular complexity index is 556. The van der Waals surface area contributed by atoms with Crippen molar-refractivity contribution in [2.45, 2.75) is 58.2 Å². The molecule has 0 heterocycles. The summed E-state index contributed by atoms with van der Waals surface area (Å²) in [6, 6.07) is 8.30. The summed E-state index contributed by atoms with van der Waals surface area (Å²) in [4.78, 5) is 11.1. The standard InChI is InChI=1S/C19H30O3Si/c1-15(10-8-13-18(20)21-5)16-11-9-12-17(14-16)22-23(6,7)19(2,3)4/h8-9,11-15H,10H2,1-7H3/b13-8+. The predicted octanol–water partition coefficient (Wildman–Crippen LogP) is 5.29. The molecule has 0 bridgehead atoms. The number of methoxy groups -OCH3 is 1. The lowest BCUT2D eigenvalue weighted by atomic mass is 9.97. The van der Waals surface area contributed by atoms with Gasteiger partial charge in [0, 0.05) is 6.08 Å². The largest absolute Gasteiger partial charge is 0.543 e. The molecule has 0 aliphatic rings. The average Bonchev–Trinajstić information content (AvgIpc) is 2.45. The van der Waals surface area contributed by atoms with Crippen molar-refractivity contribution in [2.75, 3.05) is 7.11 Å². The van der Waals surface area contributed by atoms with E-state index in [-0.39, 0.29) is 11.0 Å². The van der Waals surface area contributed by atoms with Crippen LogP contribution in [0.2, 0.25) is 18.1 Å². The summed E-state index contributed by atoms with van der Waals surface area (Å²) in [6.07, 6.45) is 4.13. The van der Waals surface area contributed by atoms with Crippen molar-refractivity contribution in [1.82, 2.24) is 0 Å². The van der Waals surface area contributed by atoms with E-state index >= 15 is 0 Å². The minimum absolute atomic E-state index is 0.178. The third-order valence-electron chi connectivity index (χ3n) is 4.55. The molecule has 4 heteroatoms. The van der Waals surface area contributed by atoms with Crippen LogP contribution in [0.25, 0.3) is 0 Å². The maximum Gasteiger partial charge on any atom is 0.330 e. The zero-order valence-corrected chi connectivity index (χ0v) is 16.5. The van der Waals surface area contributed by atoms with Crippen LogP contribution in [0, 0.1) is 0 Å². The van der Waals surface area contributed by atoms with E-state index in [1.165, 1.54) is 18.7 Å². The molecule has 0 fully saturated rings. The van der Waals surface area contributed by atoms with Gasteiger partial charge in [-0.25, -0.2) is 4.79 Å². The minimum atomic E-state index is -1.82. The van der Waals surface area contributed by atoms with Crippen LogP contribution in [0.5, 0.6) is 5.75 Å². The summed E-state index contributed by atoms with van der Waals surface area (Å²) in [6.45, 7) is 13.4. The number of hydrogen-bond acceptors (Lipinski definition) is 3. The van der Waals surface area contributed by atoms with Crippen LogP contribution < -0.4 is 4.43 Å². The van der Waals surface area contributed by atoms with Crippen LogP contribution in [-0.2, 0) is 9.53 Å². The van der Waals surface area contributed by atoms with Gasteiger partial charge >= 0.3 is 5.97 Å². The lowest BCUT2D eigenvalue weighted by Crippen LogP contribution is -2.43. The van der Waals surface area contributed by atoms with Crippen molar-refractivity contribution >= 4 is 14.3 Å². The van der Waals surface area contributed by atoms with Crippen molar-refractivity contribution in [1.29, 1.82) is 0 Å². The molecule has 1 aromatic carbocycles. The van der Waals surface area contributed by atoms with Crippen LogP contribution in [-0.4, -0.2) is 21.4 Å². The third-order valence-corrected chi connectivity index (χ3v) is 8.91. The summed E-state index contributed by atoms with van der Waals surface area (Å²) < 4.78 is 11.0. The van der Waals surface area contributed by atoms with E-state index in [1.807, 2.05) is 18.2 Å². The second-order valence-corrected chi connectivity index (χ2v) is 12.2. The molecule has 1 atom stereocenters. The van der Waals surface area contributed by atoms with Gasteiger partial charge in [-0.1, -0.05) is 45.9 Å². The van der Waals surface area contributed by atoms with Gasteiger partial charge in [0.2, 0.25) is 8.32 Å². The molecular formula is C19H30O3Si. The van der Waals surface area contributed by atoms with Crippen molar-refractivity contribution in [3.63, 3.8) is 0 Å². The lowest BCUT2D eigenvalue weighted by Gasteiger charge is -2.36. The number of esters is 1. The van der Waals surface area contributed by atoms with Crippen LogP contribution in [0.15, 0.2) is 36.4 Å². The highest BCUT2D eigenvalue weighted by Crippen LogP contribution is 2.37. The van der Waals surface area contributed by atoms with Crippen LogP contribution in [0.3, 0.4) is 0 Å². The van der Waals surface area contributed by atoms with Crippen LogP contribution in [0.1, 0.15) is 45.6 Å². The van der Waals surface area contributed by atoms with Crippen LogP contribution >= 0.6 is 0 Å². The predicted molar refractivity (Wildman–Crippen MR) is 98.5 cm³/mol. The fraction of sp³-hybridized carbons (Fsp3) is 0.526. The molecule has 0 aliphatic carbocycles. The quantitative estimate of drug-likeness (QED) is 0.402. The molecule has 1 aromatic rings. The maximum absolute atomic E-state index is 11.1. The molecule has 3 nitrogen and oxygen atoms in total. The molecule has 0 N–H and O–H groups in total. The van der Waals surface area contributed by atoms with E-state index in [2.05, 4.69) is 57.7 Å². The van der Waals surface area contributed by atoms with Crippen molar-refractivity contribution in [3.05, 3.63) is 42.0 Å². The summed E-state index contributed by atoms with van der Waals surface area (Å²) in [5.74, 6) is 0.948. The second kappa shape index (κ2) is 7.82. The highest BCUT2D eigenvalue weighted by molar-refractivity contribution is 6.74. The number of carbonyl (C=O) groups excluding carboxylic acids is 1. The van der Waals surface area contributed by atoms with Crippen molar-refractivity contribution in [2.24, 2.45) is 0 Å². The Balaban J connectivity index is 2.80. The highest BCUT2D eigenvalue weighted by Gasteiger charge is 2.38. The fourth-order valence-electron chi connectivity index (χ4n) is 1.90. The van der Waals surface area contributed by atoms with Gasteiger partial charge in [0.25, 0.3) is 0 Å². The molecule has 1 rings (SSSR count). The van der Waals surface area contributed by atoms with E-state index in [9.17, 15) is 4.79 Å². The SMILES string of the molecule is COC(=O)/C=C/CC(C)c1cccc(O[Si](C)(C)C(C)(C)C)c1. The molecule has 0 amide bonds. The molecular weight excluding hydrogens is 304 g/mol. The van der Waals surface area contributed by atoms with Gasteiger partial charge in [-0.15, -0.1) is 0 Å². The monoisotopic (exact) mass is 334 g/mol. The first-order chi connectivity index (χ1) is 10.6.